The van der Waals surface area contributed by atoms with Crippen LogP contribution in [0.25, 0.3) is 0 Å². The van der Waals surface area contributed by atoms with E-state index in [2.05, 4.69) is 45.7 Å². The van der Waals surface area contributed by atoms with Gasteiger partial charge in [-0.2, -0.15) is 0 Å². The molecule has 0 spiro atoms. The van der Waals surface area contributed by atoms with Gasteiger partial charge < -0.3 is 10.6 Å². The molecule has 88 valence electrons. The molecule has 0 atom stereocenters. The zero-order chi connectivity index (χ0) is 11.8. The number of anilines is 1. The lowest BCUT2D eigenvalue weighted by Crippen LogP contribution is -2.67. The van der Waals surface area contributed by atoms with Crippen molar-refractivity contribution in [1.82, 2.24) is 4.98 Å². The van der Waals surface area contributed by atoms with Gasteiger partial charge in [0.05, 0.1) is 5.54 Å². The number of hydrogen-bond acceptors (Lipinski definition) is 3. The molecule has 16 heavy (non-hydrogen) atoms. The number of nitrogens with two attached hydrogens (primary N) is 1. The van der Waals surface area contributed by atoms with E-state index < -0.39 is 0 Å². The highest BCUT2D eigenvalue weighted by Crippen LogP contribution is 2.29. The Morgan fingerprint density at radius 1 is 1.56 bits per heavy atom. The van der Waals surface area contributed by atoms with Gasteiger partial charge in [-0.1, -0.05) is 13.3 Å². The molecule has 0 radical (unpaired) electrons. The van der Waals surface area contributed by atoms with Crippen LogP contribution in [0.5, 0.6) is 0 Å². The summed E-state index contributed by atoms with van der Waals surface area (Å²) in [4.78, 5) is 6.66. The predicted octanol–water partition coefficient (Wildman–Crippen LogP) is 2.47. The van der Waals surface area contributed by atoms with Crippen LogP contribution in [0.15, 0.2) is 16.7 Å². The quantitative estimate of drug-likeness (QED) is 0.927. The Bertz CT molecular complexity index is 386. The highest BCUT2D eigenvalue weighted by atomic mass is 79.9. The molecule has 0 aliphatic carbocycles. The number of hydrogen-bond donors (Lipinski definition) is 1. The second kappa shape index (κ2) is 4.34. The van der Waals surface area contributed by atoms with E-state index in [-0.39, 0.29) is 5.54 Å². The average Bonchev–Trinajstić information content (AvgIpc) is 2.19. The number of halogens is 1. The fourth-order valence-corrected chi connectivity index (χ4v) is 2.45. The lowest BCUT2D eigenvalue weighted by Gasteiger charge is -2.48. The maximum atomic E-state index is 6.23. The fourth-order valence-electron chi connectivity index (χ4n) is 2.23. The summed E-state index contributed by atoms with van der Waals surface area (Å²) in [5.74, 6) is 1.04. The van der Waals surface area contributed by atoms with E-state index in [4.69, 9.17) is 5.73 Å². The SMILES string of the molecule is CCCC1(N)CN(c2cc(C)c(Br)cn2)C1. The molecule has 1 aliphatic heterocycles. The third-order valence-corrected chi connectivity index (χ3v) is 3.95. The normalized spacial score (nSPS) is 18.4. The van der Waals surface area contributed by atoms with Crippen molar-refractivity contribution < 1.29 is 0 Å². The van der Waals surface area contributed by atoms with Gasteiger partial charge in [-0.05, 0) is 40.9 Å². The van der Waals surface area contributed by atoms with Crippen molar-refractivity contribution in [1.29, 1.82) is 0 Å². The van der Waals surface area contributed by atoms with E-state index in [0.717, 1.165) is 36.2 Å². The molecule has 0 saturated carbocycles. The summed E-state index contributed by atoms with van der Waals surface area (Å²) >= 11 is 3.46. The molecule has 3 nitrogen and oxygen atoms in total. The van der Waals surface area contributed by atoms with Gasteiger partial charge in [0.1, 0.15) is 5.82 Å². The van der Waals surface area contributed by atoms with Gasteiger partial charge in [-0.15, -0.1) is 0 Å². The minimum atomic E-state index is 0.0113. The van der Waals surface area contributed by atoms with Gasteiger partial charge >= 0.3 is 0 Å². The minimum absolute atomic E-state index is 0.0113. The van der Waals surface area contributed by atoms with E-state index in [1.165, 1.54) is 5.56 Å². The molecule has 1 aromatic heterocycles. The van der Waals surface area contributed by atoms with Crippen molar-refractivity contribution in [3.05, 3.63) is 22.3 Å². The van der Waals surface area contributed by atoms with Crippen molar-refractivity contribution >= 4 is 21.7 Å². The van der Waals surface area contributed by atoms with Crippen LogP contribution >= 0.6 is 15.9 Å². The Morgan fingerprint density at radius 2 is 2.25 bits per heavy atom. The molecule has 1 aromatic rings. The van der Waals surface area contributed by atoms with E-state index in [0.29, 0.717) is 0 Å². The van der Waals surface area contributed by atoms with Crippen molar-refractivity contribution in [2.45, 2.75) is 32.2 Å². The van der Waals surface area contributed by atoms with Gasteiger partial charge in [0.2, 0.25) is 0 Å². The Balaban J connectivity index is 2.04. The summed E-state index contributed by atoms with van der Waals surface area (Å²) in [6.07, 6.45) is 4.11. The molecule has 2 rings (SSSR count). The van der Waals surface area contributed by atoms with Crippen molar-refractivity contribution in [2.24, 2.45) is 5.73 Å². The van der Waals surface area contributed by atoms with Gasteiger partial charge in [0, 0.05) is 23.8 Å². The number of rotatable bonds is 3. The first-order valence-corrected chi connectivity index (χ1v) is 6.49. The van der Waals surface area contributed by atoms with Gasteiger partial charge in [-0.25, -0.2) is 4.98 Å². The van der Waals surface area contributed by atoms with Crippen molar-refractivity contribution in [3.63, 3.8) is 0 Å². The molecule has 0 amide bonds. The van der Waals surface area contributed by atoms with Crippen molar-refractivity contribution in [2.75, 3.05) is 18.0 Å². The van der Waals surface area contributed by atoms with Crippen molar-refractivity contribution in [3.8, 4) is 0 Å². The monoisotopic (exact) mass is 283 g/mol. The van der Waals surface area contributed by atoms with Crippen LogP contribution in [0.3, 0.4) is 0 Å². The summed E-state index contributed by atoms with van der Waals surface area (Å²) in [6.45, 7) is 6.11. The second-order valence-corrected chi connectivity index (χ2v) is 5.61. The average molecular weight is 284 g/mol. The molecule has 1 fully saturated rings. The van der Waals surface area contributed by atoms with E-state index in [1.807, 2.05) is 6.20 Å². The standard InChI is InChI=1S/C12H18BrN3/c1-3-4-12(14)7-16(8-12)11-5-9(2)10(13)6-15-11/h5-6H,3-4,7-8,14H2,1-2H3. The van der Waals surface area contributed by atoms with Crippen LogP contribution in [-0.4, -0.2) is 23.6 Å². The van der Waals surface area contributed by atoms with Crippen LogP contribution < -0.4 is 10.6 Å². The Morgan fingerprint density at radius 3 is 2.81 bits per heavy atom. The summed E-state index contributed by atoms with van der Waals surface area (Å²) in [6, 6.07) is 2.11. The molecule has 0 unspecified atom stereocenters. The van der Waals surface area contributed by atoms with Gasteiger partial charge in [0.25, 0.3) is 0 Å². The predicted molar refractivity (Wildman–Crippen MR) is 70.7 cm³/mol. The largest absolute Gasteiger partial charge is 0.353 e. The summed E-state index contributed by atoms with van der Waals surface area (Å²) < 4.78 is 1.06. The zero-order valence-corrected chi connectivity index (χ0v) is 11.4. The maximum absolute atomic E-state index is 6.23. The smallest absolute Gasteiger partial charge is 0.128 e. The molecule has 4 heteroatoms. The lowest BCUT2D eigenvalue weighted by atomic mass is 9.86. The minimum Gasteiger partial charge on any atom is -0.353 e. The van der Waals surface area contributed by atoms with Crippen LogP contribution in [0.2, 0.25) is 0 Å². The van der Waals surface area contributed by atoms with Crippen LogP contribution in [0, 0.1) is 6.92 Å². The fraction of sp³-hybridized carbons (Fsp3) is 0.583. The summed E-state index contributed by atoms with van der Waals surface area (Å²) in [7, 11) is 0. The van der Waals surface area contributed by atoms with Crippen LogP contribution in [0.1, 0.15) is 25.3 Å². The van der Waals surface area contributed by atoms with E-state index >= 15 is 0 Å². The topological polar surface area (TPSA) is 42.1 Å². The molecular weight excluding hydrogens is 266 g/mol. The molecular formula is C12H18BrN3. The molecule has 1 aliphatic rings. The Labute approximate surface area is 105 Å². The third-order valence-electron chi connectivity index (χ3n) is 3.12. The first-order chi connectivity index (χ1) is 7.54. The number of nitrogens with zero attached hydrogens (tertiary/aromatic N) is 2. The molecule has 0 aromatic carbocycles. The second-order valence-electron chi connectivity index (χ2n) is 4.76. The third kappa shape index (κ3) is 2.23. The highest BCUT2D eigenvalue weighted by Gasteiger charge is 2.39. The Kier molecular flexibility index (Phi) is 3.22. The Hall–Kier alpha value is -0.610. The first kappa shape index (κ1) is 11.9. The molecule has 1 saturated heterocycles. The van der Waals surface area contributed by atoms with Crippen LogP contribution in [-0.2, 0) is 0 Å². The number of aryl methyl sites for hydroxylation is 1. The number of aromatic nitrogens is 1. The van der Waals surface area contributed by atoms with Gasteiger partial charge in [0.15, 0.2) is 0 Å². The summed E-state index contributed by atoms with van der Waals surface area (Å²) in [5, 5.41) is 0. The first-order valence-electron chi connectivity index (χ1n) is 5.70. The van der Waals surface area contributed by atoms with Crippen LogP contribution in [0.4, 0.5) is 5.82 Å². The zero-order valence-electron chi connectivity index (χ0n) is 9.83. The molecule has 2 heterocycles. The highest BCUT2D eigenvalue weighted by molar-refractivity contribution is 9.10. The molecule has 2 N–H and O–H groups in total. The van der Waals surface area contributed by atoms with E-state index in [1.54, 1.807) is 0 Å². The maximum Gasteiger partial charge on any atom is 0.128 e. The summed E-state index contributed by atoms with van der Waals surface area (Å²) in [5.41, 5.74) is 7.46. The number of pyridine rings is 1. The lowest BCUT2D eigenvalue weighted by molar-refractivity contribution is 0.306. The molecule has 0 bridgehead atoms. The van der Waals surface area contributed by atoms with E-state index in [9.17, 15) is 0 Å². The van der Waals surface area contributed by atoms with Gasteiger partial charge in [-0.3, -0.25) is 0 Å².